The molecule has 0 aliphatic heterocycles. The summed E-state index contributed by atoms with van der Waals surface area (Å²) >= 11 is 0. The largest absolute Gasteiger partial charge is 0.449 e. The second-order valence-corrected chi connectivity index (χ2v) is 3.73. The third-order valence-electron chi connectivity index (χ3n) is 2.47. The standard InChI is InChI=1S/C14H9NO3/c16-14(17-11-5-3-7-15-9-11)13-8-10-4-1-2-6-12(10)18-13/h1-9H. The summed E-state index contributed by atoms with van der Waals surface area (Å²) in [6.07, 6.45) is 3.08. The van der Waals surface area contributed by atoms with Gasteiger partial charge >= 0.3 is 5.97 Å². The molecule has 18 heavy (non-hydrogen) atoms. The van der Waals surface area contributed by atoms with Gasteiger partial charge in [0.15, 0.2) is 0 Å². The van der Waals surface area contributed by atoms with Crippen LogP contribution < -0.4 is 4.74 Å². The van der Waals surface area contributed by atoms with Crippen molar-refractivity contribution in [1.29, 1.82) is 0 Å². The average Bonchev–Trinajstić information content (AvgIpc) is 2.84. The van der Waals surface area contributed by atoms with Gasteiger partial charge in [0.25, 0.3) is 0 Å². The van der Waals surface area contributed by atoms with Gasteiger partial charge in [0.1, 0.15) is 11.3 Å². The van der Waals surface area contributed by atoms with Gasteiger partial charge in [-0.2, -0.15) is 0 Å². The number of aromatic nitrogens is 1. The van der Waals surface area contributed by atoms with Crippen LogP contribution >= 0.6 is 0 Å². The number of hydrogen-bond donors (Lipinski definition) is 0. The van der Waals surface area contributed by atoms with E-state index in [0.29, 0.717) is 11.3 Å². The van der Waals surface area contributed by atoms with Gasteiger partial charge in [-0.15, -0.1) is 0 Å². The van der Waals surface area contributed by atoms with Crippen molar-refractivity contribution in [2.75, 3.05) is 0 Å². The van der Waals surface area contributed by atoms with Gasteiger partial charge < -0.3 is 9.15 Å². The number of rotatable bonds is 2. The first kappa shape index (κ1) is 10.5. The molecule has 1 aromatic carbocycles. The van der Waals surface area contributed by atoms with Crippen LogP contribution in [0.3, 0.4) is 0 Å². The number of benzene rings is 1. The molecule has 0 saturated carbocycles. The molecule has 0 aliphatic rings. The lowest BCUT2D eigenvalue weighted by atomic mass is 10.2. The average molecular weight is 239 g/mol. The molecule has 88 valence electrons. The highest BCUT2D eigenvalue weighted by Crippen LogP contribution is 2.20. The summed E-state index contributed by atoms with van der Waals surface area (Å²) in [5.74, 6) is 0.0437. The van der Waals surface area contributed by atoms with Crippen molar-refractivity contribution in [3.63, 3.8) is 0 Å². The van der Waals surface area contributed by atoms with Crippen LogP contribution in [0.15, 0.2) is 59.3 Å². The molecule has 2 heterocycles. The number of fused-ring (bicyclic) bond motifs is 1. The Kier molecular flexibility index (Phi) is 2.53. The number of esters is 1. The van der Waals surface area contributed by atoms with Crippen LogP contribution in [0.5, 0.6) is 5.75 Å². The first-order chi connectivity index (χ1) is 8.83. The molecule has 0 saturated heterocycles. The molecule has 0 unspecified atom stereocenters. The van der Waals surface area contributed by atoms with Crippen molar-refractivity contribution in [2.24, 2.45) is 0 Å². The molecule has 4 heteroatoms. The van der Waals surface area contributed by atoms with Crippen LogP contribution in [-0.2, 0) is 0 Å². The summed E-state index contributed by atoms with van der Waals surface area (Å²) in [6, 6.07) is 12.4. The summed E-state index contributed by atoms with van der Waals surface area (Å²) in [4.78, 5) is 15.7. The van der Waals surface area contributed by atoms with Crippen LogP contribution in [0, 0.1) is 0 Å². The predicted molar refractivity (Wildman–Crippen MR) is 65.4 cm³/mol. The van der Waals surface area contributed by atoms with Crippen LogP contribution in [0.2, 0.25) is 0 Å². The van der Waals surface area contributed by atoms with Gasteiger partial charge in [-0.3, -0.25) is 4.98 Å². The molecule has 0 bridgehead atoms. The van der Waals surface area contributed by atoms with Crippen molar-refractivity contribution in [2.45, 2.75) is 0 Å². The molecule has 0 aliphatic carbocycles. The van der Waals surface area contributed by atoms with E-state index in [1.165, 1.54) is 6.20 Å². The van der Waals surface area contributed by atoms with E-state index in [1.807, 2.05) is 18.2 Å². The van der Waals surface area contributed by atoms with E-state index < -0.39 is 5.97 Å². The van der Waals surface area contributed by atoms with E-state index in [9.17, 15) is 4.79 Å². The Morgan fingerprint density at radius 1 is 1.17 bits per heavy atom. The Bertz CT molecular complexity index is 655. The lowest BCUT2D eigenvalue weighted by Crippen LogP contribution is -2.07. The zero-order valence-electron chi connectivity index (χ0n) is 9.37. The molecule has 0 atom stereocenters. The Hall–Kier alpha value is -2.62. The van der Waals surface area contributed by atoms with E-state index in [4.69, 9.17) is 9.15 Å². The second kappa shape index (κ2) is 4.33. The number of carbonyl (C=O) groups is 1. The van der Waals surface area contributed by atoms with Crippen molar-refractivity contribution < 1.29 is 13.9 Å². The monoisotopic (exact) mass is 239 g/mol. The minimum atomic E-state index is -0.529. The molecular formula is C14H9NO3. The maximum absolute atomic E-state index is 11.8. The molecular weight excluding hydrogens is 230 g/mol. The third kappa shape index (κ3) is 1.96. The Balaban J connectivity index is 1.88. The first-order valence-corrected chi connectivity index (χ1v) is 5.44. The number of carbonyl (C=O) groups excluding carboxylic acids is 1. The molecule has 3 aromatic rings. The number of ether oxygens (including phenoxy) is 1. The number of hydrogen-bond acceptors (Lipinski definition) is 4. The Morgan fingerprint density at radius 3 is 2.83 bits per heavy atom. The highest BCUT2D eigenvalue weighted by atomic mass is 16.5. The number of nitrogens with zero attached hydrogens (tertiary/aromatic N) is 1. The van der Waals surface area contributed by atoms with E-state index >= 15 is 0 Å². The number of furan rings is 1. The lowest BCUT2D eigenvalue weighted by molar-refractivity contribution is 0.0703. The zero-order valence-corrected chi connectivity index (χ0v) is 9.37. The molecule has 3 rings (SSSR count). The highest BCUT2D eigenvalue weighted by Gasteiger charge is 2.14. The molecule has 4 nitrogen and oxygen atoms in total. The van der Waals surface area contributed by atoms with Gasteiger partial charge in [0, 0.05) is 11.6 Å². The third-order valence-corrected chi connectivity index (χ3v) is 2.47. The quantitative estimate of drug-likeness (QED) is 0.645. The van der Waals surface area contributed by atoms with Crippen molar-refractivity contribution in [3.8, 4) is 5.75 Å². The van der Waals surface area contributed by atoms with E-state index in [1.54, 1.807) is 30.5 Å². The van der Waals surface area contributed by atoms with Gasteiger partial charge in [-0.25, -0.2) is 4.79 Å². The maximum atomic E-state index is 11.8. The smallest absolute Gasteiger partial charge is 0.379 e. The molecule has 0 spiro atoms. The van der Waals surface area contributed by atoms with Crippen LogP contribution in [0.1, 0.15) is 10.6 Å². The normalized spacial score (nSPS) is 10.4. The van der Waals surface area contributed by atoms with Crippen molar-refractivity contribution in [1.82, 2.24) is 4.98 Å². The van der Waals surface area contributed by atoms with Gasteiger partial charge in [-0.05, 0) is 24.3 Å². The fourth-order valence-corrected chi connectivity index (χ4v) is 1.65. The predicted octanol–water partition coefficient (Wildman–Crippen LogP) is 3.05. The summed E-state index contributed by atoms with van der Waals surface area (Å²) in [5.41, 5.74) is 0.663. The van der Waals surface area contributed by atoms with Gasteiger partial charge in [0.2, 0.25) is 5.76 Å². The summed E-state index contributed by atoms with van der Waals surface area (Å²) in [5, 5.41) is 0.871. The van der Waals surface area contributed by atoms with Gasteiger partial charge in [0.05, 0.1) is 6.20 Å². The first-order valence-electron chi connectivity index (χ1n) is 5.44. The number of para-hydroxylation sites is 1. The highest BCUT2D eigenvalue weighted by molar-refractivity contribution is 5.93. The molecule has 2 aromatic heterocycles. The minimum absolute atomic E-state index is 0.181. The molecule has 0 amide bonds. The lowest BCUT2D eigenvalue weighted by Gasteiger charge is -1.99. The van der Waals surface area contributed by atoms with Crippen molar-refractivity contribution in [3.05, 3.63) is 60.6 Å². The second-order valence-electron chi connectivity index (χ2n) is 3.73. The Labute approximate surface area is 103 Å². The summed E-state index contributed by atoms with van der Waals surface area (Å²) in [6.45, 7) is 0. The fourth-order valence-electron chi connectivity index (χ4n) is 1.65. The zero-order chi connectivity index (χ0) is 12.4. The van der Waals surface area contributed by atoms with Crippen LogP contribution in [-0.4, -0.2) is 11.0 Å². The molecule has 0 radical (unpaired) electrons. The van der Waals surface area contributed by atoms with E-state index in [0.717, 1.165) is 5.39 Å². The van der Waals surface area contributed by atoms with Crippen molar-refractivity contribution >= 4 is 16.9 Å². The summed E-state index contributed by atoms with van der Waals surface area (Å²) < 4.78 is 10.5. The Morgan fingerprint density at radius 2 is 2.06 bits per heavy atom. The van der Waals surface area contributed by atoms with Gasteiger partial charge in [-0.1, -0.05) is 18.2 Å². The van der Waals surface area contributed by atoms with Crippen LogP contribution in [0.25, 0.3) is 11.0 Å². The SMILES string of the molecule is O=C(Oc1cccnc1)c1cc2ccccc2o1. The minimum Gasteiger partial charge on any atom is -0.449 e. The maximum Gasteiger partial charge on any atom is 0.379 e. The molecule has 0 fully saturated rings. The topological polar surface area (TPSA) is 52.3 Å². The van der Waals surface area contributed by atoms with Crippen LogP contribution in [0.4, 0.5) is 0 Å². The van der Waals surface area contributed by atoms with E-state index in [2.05, 4.69) is 4.98 Å². The molecule has 0 N–H and O–H groups in total. The summed E-state index contributed by atoms with van der Waals surface area (Å²) in [7, 11) is 0. The fraction of sp³-hybridized carbons (Fsp3) is 0. The van der Waals surface area contributed by atoms with E-state index in [-0.39, 0.29) is 5.76 Å². The number of pyridine rings is 1.